The molecule has 2 N–H and O–H groups in total. The van der Waals surface area contributed by atoms with Crippen molar-refractivity contribution in [2.45, 2.75) is 20.4 Å². The minimum atomic E-state index is -0.389. The molecule has 0 saturated carbocycles. The molecule has 0 aliphatic rings. The number of nitrogens with one attached hydrogen (secondary N) is 2. The van der Waals surface area contributed by atoms with Crippen LogP contribution in [0.3, 0.4) is 0 Å². The van der Waals surface area contributed by atoms with Gasteiger partial charge in [-0.05, 0) is 43.7 Å². The quantitative estimate of drug-likeness (QED) is 0.569. The Morgan fingerprint density at radius 3 is 2.53 bits per heavy atom. The molecule has 0 unspecified atom stereocenters. The molecule has 0 aliphatic carbocycles. The zero-order chi connectivity index (χ0) is 21.3. The van der Waals surface area contributed by atoms with Crippen molar-refractivity contribution in [3.63, 3.8) is 0 Å². The Morgan fingerprint density at radius 1 is 1.07 bits per heavy atom. The third-order valence-corrected chi connectivity index (χ3v) is 4.36. The zero-order valence-corrected chi connectivity index (χ0v) is 16.9. The normalized spacial score (nSPS) is 10.4. The minimum Gasteiger partial charge on any atom is -0.439 e. The van der Waals surface area contributed by atoms with Crippen LogP contribution in [0.5, 0.6) is 11.6 Å². The van der Waals surface area contributed by atoms with Crippen molar-refractivity contribution in [1.29, 1.82) is 0 Å². The fraction of sp³-hybridized carbons (Fsp3) is 0.227. The van der Waals surface area contributed by atoms with E-state index in [0.29, 0.717) is 23.9 Å². The molecule has 0 atom stereocenters. The first-order valence-corrected chi connectivity index (χ1v) is 9.71. The summed E-state index contributed by atoms with van der Waals surface area (Å²) in [5.74, 6) is 1.17. The first-order valence-electron chi connectivity index (χ1n) is 9.71. The molecule has 3 rings (SSSR count). The number of nitrogens with zero attached hydrogens (tertiary/aromatic N) is 3. The van der Waals surface area contributed by atoms with Crippen molar-refractivity contribution in [3.05, 3.63) is 72.3 Å². The van der Waals surface area contributed by atoms with E-state index in [1.165, 1.54) is 18.3 Å². The fourth-order valence-corrected chi connectivity index (χ4v) is 2.78. The number of hydrogen-bond acceptors (Lipinski definition) is 5. The number of carbonyl (C=O) groups is 1. The van der Waals surface area contributed by atoms with Crippen LogP contribution in [0.25, 0.3) is 0 Å². The molecule has 0 fully saturated rings. The molecule has 156 valence electrons. The number of halogens is 1. The number of carbonyl (C=O) groups excluding carboxylic acids is 1. The zero-order valence-electron chi connectivity index (χ0n) is 16.9. The second-order valence-electron chi connectivity index (χ2n) is 6.45. The molecule has 7 nitrogen and oxygen atoms in total. The number of hydrogen-bond donors (Lipinski definition) is 2. The average Bonchev–Trinajstić information content (AvgIpc) is 2.75. The van der Waals surface area contributed by atoms with Crippen molar-refractivity contribution in [1.82, 2.24) is 15.3 Å². The van der Waals surface area contributed by atoms with Gasteiger partial charge in [-0.25, -0.2) is 19.2 Å². The number of rotatable bonds is 8. The highest BCUT2D eigenvalue weighted by molar-refractivity contribution is 5.88. The maximum Gasteiger partial charge on any atom is 0.319 e. The first kappa shape index (κ1) is 21.0. The van der Waals surface area contributed by atoms with Gasteiger partial charge in [0.05, 0.1) is 11.9 Å². The van der Waals surface area contributed by atoms with Gasteiger partial charge in [-0.2, -0.15) is 0 Å². The van der Waals surface area contributed by atoms with Crippen LogP contribution >= 0.6 is 0 Å². The van der Waals surface area contributed by atoms with Crippen molar-refractivity contribution in [2.75, 3.05) is 23.3 Å². The highest BCUT2D eigenvalue weighted by Gasteiger charge is 2.06. The standard InChI is InChI=1S/C22H24FN5O2/c1-3-28(4-2)20-10-8-16(13-24-20)14-26-22(29)27-18-9-11-21(25-15-18)30-19-7-5-6-17(23)12-19/h5-13,15H,3-4,14H2,1-2H3,(H2,26,27,29). The Kier molecular flexibility index (Phi) is 7.15. The third kappa shape index (κ3) is 5.91. The largest absolute Gasteiger partial charge is 0.439 e. The number of anilines is 2. The number of benzene rings is 1. The minimum absolute atomic E-state index is 0.297. The Bertz CT molecular complexity index is 960. The Balaban J connectivity index is 1.49. The lowest BCUT2D eigenvalue weighted by molar-refractivity contribution is 0.251. The molecule has 0 bridgehead atoms. The van der Waals surface area contributed by atoms with Crippen LogP contribution in [0, 0.1) is 5.82 Å². The van der Waals surface area contributed by atoms with Gasteiger partial charge in [-0.15, -0.1) is 0 Å². The summed E-state index contributed by atoms with van der Waals surface area (Å²) in [6.45, 7) is 6.30. The van der Waals surface area contributed by atoms with Crippen LogP contribution in [0.1, 0.15) is 19.4 Å². The number of amides is 2. The summed E-state index contributed by atoms with van der Waals surface area (Å²) in [5, 5.41) is 5.48. The van der Waals surface area contributed by atoms with Gasteiger partial charge < -0.3 is 20.3 Å². The number of pyridine rings is 2. The van der Waals surface area contributed by atoms with Crippen LogP contribution < -0.4 is 20.3 Å². The lowest BCUT2D eigenvalue weighted by atomic mass is 10.2. The summed E-state index contributed by atoms with van der Waals surface area (Å²) in [4.78, 5) is 22.8. The molecule has 3 aromatic rings. The Labute approximate surface area is 174 Å². The molecular weight excluding hydrogens is 385 g/mol. The first-order chi connectivity index (χ1) is 14.6. The number of aromatic nitrogens is 2. The second kappa shape index (κ2) is 10.2. The van der Waals surface area contributed by atoms with E-state index in [4.69, 9.17) is 4.74 Å². The molecule has 2 heterocycles. The number of urea groups is 1. The van der Waals surface area contributed by atoms with E-state index in [1.807, 2.05) is 12.1 Å². The van der Waals surface area contributed by atoms with Gasteiger partial charge in [0.1, 0.15) is 17.4 Å². The van der Waals surface area contributed by atoms with Gasteiger partial charge in [0, 0.05) is 38.0 Å². The van der Waals surface area contributed by atoms with Crippen molar-refractivity contribution in [3.8, 4) is 11.6 Å². The lowest BCUT2D eigenvalue weighted by Crippen LogP contribution is -2.28. The van der Waals surface area contributed by atoms with Gasteiger partial charge in [-0.3, -0.25) is 0 Å². The summed E-state index contributed by atoms with van der Waals surface area (Å²) in [6.07, 6.45) is 3.22. The predicted molar refractivity (Wildman–Crippen MR) is 114 cm³/mol. The highest BCUT2D eigenvalue weighted by atomic mass is 19.1. The topological polar surface area (TPSA) is 79.4 Å². The molecule has 0 aliphatic heterocycles. The van der Waals surface area contributed by atoms with E-state index >= 15 is 0 Å². The van der Waals surface area contributed by atoms with Crippen LogP contribution in [-0.2, 0) is 6.54 Å². The van der Waals surface area contributed by atoms with E-state index in [-0.39, 0.29) is 11.8 Å². The van der Waals surface area contributed by atoms with Crippen molar-refractivity contribution < 1.29 is 13.9 Å². The van der Waals surface area contributed by atoms with Crippen LogP contribution in [-0.4, -0.2) is 29.1 Å². The van der Waals surface area contributed by atoms with E-state index in [2.05, 4.69) is 39.3 Å². The molecular formula is C22H24FN5O2. The fourth-order valence-electron chi connectivity index (χ4n) is 2.78. The predicted octanol–water partition coefficient (Wildman–Crippen LogP) is 4.58. The molecule has 0 spiro atoms. The van der Waals surface area contributed by atoms with Gasteiger partial charge >= 0.3 is 6.03 Å². The van der Waals surface area contributed by atoms with E-state index in [0.717, 1.165) is 24.5 Å². The lowest BCUT2D eigenvalue weighted by Gasteiger charge is -2.19. The van der Waals surface area contributed by atoms with Gasteiger partial charge in [0.25, 0.3) is 0 Å². The smallest absolute Gasteiger partial charge is 0.319 e. The van der Waals surface area contributed by atoms with E-state index in [1.54, 1.807) is 30.5 Å². The van der Waals surface area contributed by atoms with Gasteiger partial charge in [-0.1, -0.05) is 12.1 Å². The Morgan fingerprint density at radius 2 is 1.90 bits per heavy atom. The van der Waals surface area contributed by atoms with Gasteiger partial charge in [0.2, 0.25) is 5.88 Å². The monoisotopic (exact) mass is 409 g/mol. The maximum absolute atomic E-state index is 13.2. The molecule has 30 heavy (non-hydrogen) atoms. The molecule has 0 radical (unpaired) electrons. The van der Waals surface area contributed by atoms with Crippen LogP contribution in [0.2, 0.25) is 0 Å². The van der Waals surface area contributed by atoms with E-state index in [9.17, 15) is 9.18 Å². The highest BCUT2D eigenvalue weighted by Crippen LogP contribution is 2.21. The number of ether oxygens (including phenoxy) is 1. The SMILES string of the molecule is CCN(CC)c1ccc(CNC(=O)Nc2ccc(Oc3cccc(F)c3)nc2)cn1. The third-order valence-electron chi connectivity index (χ3n) is 4.36. The van der Waals surface area contributed by atoms with Crippen LogP contribution in [0.4, 0.5) is 20.7 Å². The summed E-state index contributed by atoms with van der Waals surface area (Å²) in [5.41, 5.74) is 1.41. The van der Waals surface area contributed by atoms with Gasteiger partial charge in [0.15, 0.2) is 0 Å². The average molecular weight is 409 g/mol. The van der Waals surface area contributed by atoms with E-state index < -0.39 is 0 Å². The summed E-state index contributed by atoms with van der Waals surface area (Å²) in [7, 11) is 0. The molecule has 1 aromatic carbocycles. The van der Waals surface area contributed by atoms with Crippen molar-refractivity contribution >= 4 is 17.5 Å². The molecule has 8 heteroatoms. The molecule has 2 aromatic heterocycles. The van der Waals surface area contributed by atoms with Crippen LogP contribution in [0.15, 0.2) is 60.9 Å². The second-order valence-corrected chi connectivity index (χ2v) is 6.45. The summed E-state index contributed by atoms with van der Waals surface area (Å²) >= 11 is 0. The molecule has 2 amide bonds. The Hall–Kier alpha value is -3.68. The maximum atomic E-state index is 13.2. The van der Waals surface area contributed by atoms with Crippen molar-refractivity contribution in [2.24, 2.45) is 0 Å². The summed E-state index contributed by atoms with van der Waals surface area (Å²) < 4.78 is 18.7. The molecule has 0 saturated heterocycles. The summed E-state index contributed by atoms with van der Waals surface area (Å²) in [6, 6.07) is 12.6.